The Labute approximate surface area is 68.2 Å². The molecule has 0 aromatic carbocycles. The summed E-state index contributed by atoms with van der Waals surface area (Å²) in [5.41, 5.74) is 0. The fourth-order valence-electron chi connectivity index (χ4n) is 0.421. The molecule has 0 spiro atoms. The molecular formula is C7H16S2. The lowest BCUT2D eigenvalue weighted by molar-refractivity contribution is 0.637. The standard InChI is InChI=1S/C7H16S2/c1-4-6(2)5-9-7(3)8/h6-8H,4-5H2,1-3H3. The zero-order valence-corrected chi connectivity index (χ0v) is 8.14. The van der Waals surface area contributed by atoms with Gasteiger partial charge < -0.3 is 0 Å². The van der Waals surface area contributed by atoms with E-state index in [0.29, 0.717) is 4.58 Å². The minimum atomic E-state index is 0.499. The van der Waals surface area contributed by atoms with E-state index in [1.165, 1.54) is 12.2 Å². The summed E-state index contributed by atoms with van der Waals surface area (Å²) in [6.45, 7) is 6.63. The van der Waals surface area contributed by atoms with E-state index in [0.717, 1.165) is 5.92 Å². The Kier molecular flexibility index (Phi) is 5.91. The lowest BCUT2D eigenvalue weighted by atomic mass is 10.2. The average molecular weight is 164 g/mol. The SMILES string of the molecule is CCC(C)CSC(C)S. The molecule has 0 aliphatic rings. The summed E-state index contributed by atoms with van der Waals surface area (Å²) in [5, 5.41) is 0. The van der Waals surface area contributed by atoms with Crippen LogP contribution < -0.4 is 0 Å². The summed E-state index contributed by atoms with van der Waals surface area (Å²) in [4.78, 5) is 0. The van der Waals surface area contributed by atoms with Crippen molar-refractivity contribution >= 4 is 24.4 Å². The van der Waals surface area contributed by atoms with Crippen molar-refractivity contribution in [1.29, 1.82) is 0 Å². The van der Waals surface area contributed by atoms with E-state index >= 15 is 0 Å². The molecule has 0 bridgehead atoms. The third kappa shape index (κ3) is 6.59. The monoisotopic (exact) mass is 164 g/mol. The Morgan fingerprint density at radius 1 is 1.44 bits per heavy atom. The number of thiol groups is 1. The van der Waals surface area contributed by atoms with Gasteiger partial charge in [0.15, 0.2) is 0 Å². The van der Waals surface area contributed by atoms with Crippen molar-refractivity contribution in [3.63, 3.8) is 0 Å². The van der Waals surface area contributed by atoms with Crippen LogP contribution in [0.3, 0.4) is 0 Å². The van der Waals surface area contributed by atoms with Crippen LogP contribution in [-0.2, 0) is 0 Å². The molecule has 0 N–H and O–H groups in total. The molecule has 2 heteroatoms. The predicted octanol–water partition coefficient (Wildman–Crippen LogP) is 3.04. The molecule has 0 amide bonds. The maximum atomic E-state index is 4.27. The first-order valence-corrected chi connectivity index (χ1v) is 5.03. The fraction of sp³-hybridized carbons (Fsp3) is 1.00. The first kappa shape index (κ1) is 9.70. The molecule has 0 nitrogen and oxygen atoms in total. The summed E-state index contributed by atoms with van der Waals surface area (Å²) in [6, 6.07) is 0. The minimum absolute atomic E-state index is 0.499. The molecule has 0 saturated heterocycles. The summed E-state index contributed by atoms with van der Waals surface area (Å²) in [6.07, 6.45) is 1.29. The van der Waals surface area contributed by atoms with Crippen LogP contribution in [0.25, 0.3) is 0 Å². The molecule has 9 heavy (non-hydrogen) atoms. The van der Waals surface area contributed by atoms with Gasteiger partial charge in [-0.2, -0.15) is 12.6 Å². The Bertz CT molecular complexity index is 61.9. The minimum Gasteiger partial charge on any atom is -0.165 e. The van der Waals surface area contributed by atoms with E-state index in [9.17, 15) is 0 Å². The van der Waals surface area contributed by atoms with E-state index < -0.39 is 0 Å². The molecule has 56 valence electrons. The van der Waals surface area contributed by atoms with Crippen LogP contribution in [0.4, 0.5) is 0 Å². The second-order valence-corrected chi connectivity index (χ2v) is 4.94. The summed E-state index contributed by atoms with van der Waals surface area (Å²) >= 11 is 6.20. The van der Waals surface area contributed by atoms with Crippen molar-refractivity contribution in [2.75, 3.05) is 5.75 Å². The molecule has 0 saturated carbocycles. The van der Waals surface area contributed by atoms with Gasteiger partial charge in [-0.1, -0.05) is 20.3 Å². The second kappa shape index (κ2) is 5.48. The smallest absolute Gasteiger partial charge is 0.0444 e. The molecule has 2 atom stereocenters. The van der Waals surface area contributed by atoms with Crippen molar-refractivity contribution in [2.24, 2.45) is 5.92 Å². The molecule has 2 unspecified atom stereocenters. The highest BCUT2D eigenvalue weighted by Crippen LogP contribution is 2.18. The Morgan fingerprint density at radius 3 is 2.33 bits per heavy atom. The zero-order valence-electron chi connectivity index (χ0n) is 6.42. The van der Waals surface area contributed by atoms with Crippen LogP contribution in [-0.4, -0.2) is 10.3 Å². The van der Waals surface area contributed by atoms with Gasteiger partial charge in [-0.15, -0.1) is 11.8 Å². The third-order valence-electron chi connectivity index (χ3n) is 1.32. The van der Waals surface area contributed by atoms with Crippen LogP contribution in [0.15, 0.2) is 0 Å². The van der Waals surface area contributed by atoms with E-state index in [2.05, 4.69) is 33.4 Å². The van der Waals surface area contributed by atoms with Gasteiger partial charge in [0.25, 0.3) is 0 Å². The maximum absolute atomic E-state index is 4.27. The van der Waals surface area contributed by atoms with Gasteiger partial charge >= 0.3 is 0 Å². The molecule has 0 heterocycles. The largest absolute Gasteiger partial charge is 0.165 e. The first-order valence-electron chi connectivity index (χ1n) is 3.46. The first-order chi connectivity index (χ1) is 4.16. The van der Waals surface area contributed by atoms with E-state index in [1.807, 2.05) is 11.8 Å². The topological polar surface area (TPSA) is 0 Å². The number of hydrogen-bond acceptors (Lipinski definition) is 2. The number of thioether (sulfide) groups is 1. The van der Waals surface area contributed by atoms with Crippen LogP contribution >= 0.6 is 24.4 Å². The highest BCUT2D eigenvalue weighted by molar-refractivity contribution is 8.10. The summed E-state index contributed by atoms with van der Waals surface area (Å²) in [7, 11) is 0. The molecule has 0 aromatic heterocycles. The highest BCUT2D eigenvalue weighted by Gasteiger charge is 2.00. The van der Waals surface area contributed by atoms with Crippen molar-refractivity contribution < 1.29 is 0 Å². The molecule has 0 radical (unpaired) electrons. The molecule has 0 fully saturated rings. The third-order valence-corrected chi connectivity index (χ3v) is 3.01. The average Bonchev–Trinajstić information content (AvgIpc) is 1.83. The van der Waals surface area contributed by atoms with E-state index in [-0.39, 0.29) is 0 Å². The molecule has 0 aromatic rings. The lowest BCUT2D eigenvalue weighted by Crippen LogP contribution is -1.97. The van der Waals surface area contributed by atoms with E-state index in [4.69, 9.17) is 0 Å². The van der Waals surface area contributed by atoms with Crippen molar-refractivity contribution in [1.82, 2.24) is 0 Å². The maximum Gasteiger partial charge on any atom is 0.0444 e. The predicted molar refractivity (Wildman–Crippen MR) is 50.4 cm³/mol. The van der Waals surface area contributed by atoms with Gasteiger partial charge in [0.05, 0.1) is 0 Å². The van der Waals surface area contributed by atoms with Gasteiger partial charge in [-0.05, 0) is 18.6 Å². The molecule has 0 aliphatic carbocycles. The van der Waals surface area contributed by atoms with Gasteiger partial charge in [0.2, 0.25) is 0 Å². The number of rotatable bonds is 4. The fourth-order valence-corrected chi connectivity index (χ4v) is 1.52. The van der Waals surface area contributed by atoms with Gasteiger partial charge in [0, 0.05) is 4.58 Å². The van der Waals surface area contributed by atoms with Crippen molar-refractivity contribution in [3.8, 4) is 0 Å². The van der Waals surface area contributed by atoms with Gasteiger partial charge in [0.1, 0.15) is 0 Å². The highest BCUT2D eigenvalue weighted by atomic mass is 32.2. The van der Waals surface area contributed by atoms with Crippen LogP contribution in [0.1, 0.15) is 27.2 Å². The Balaban J connectivity index is 3.06. The lowest BCUT2D eigenvalue weighted by Gasteiger charge is -2.08. The molecule has 0 rings (SSSR count). The van der Waals surface area contributed by atoms with Crippen molar-refractivity contribution in [2.45, 2.75) is 31.8 Å². The Morgan fingerprint density at radius 2 is 2.00 bits per heavy atom. The van der Waals surface area contributed by atoms with Gasteiger partial charge in [-0.25, -0.2) is 0 Å². The Hall–Kier alpha value is 0.700. The summed E-state index contributed by atoms with van der Waals surface area (Å²) < 4.78 is 0.499. The van der Waals surface area contributed by atoms with E-state index in [1.54, 1.807) is 0 Å². The van der Waals surface area contributed by atoms with Crippen LogP contribution in [0, 0.1) is 5.92 Å². The molecule has 0 aliphatic heterocycles. The van der Waals surface area contributed by atoms with Gasteiger partial charge in [-0.3, -0.25) is 0 Å². The van der Waals surface area contributed by atoms with Crippen LogP contribution in [0.5, 0.6) is 0 Å². The second-order valence-electron chi connectivity index (χ2n) is 2.45. The quantitative estimate of drug-likeness (QED) is 0.492. The normalized spacial score (nSPS) is 17.3. The summed E-state index contributed by atoms with van der Waals surface area (Å²) in [5.74, 6) is 2.10. The molecular weight excluding hydrogens is 148 g/mol. The number of hydrogen-bond donors (Lipinski definition) is 1. The van der Waals surface area contributed by atoms with Crippen molar-refractivity contribution in [3.05, 3.63) is 0 Å². The zero-order chi connectivity index (χ0) is 7.28. The van der Waals surface area contributed by atoms with Crippen LogP contribution in [0.2, 0.25) is 0 Å².